The Morgan fingerprint density at radius 3 is 2.88 bits per heavy atom. The molecule has 1 atom stereocenters. The molecule has 0 radical (unpaired) electrons. The highest BCUT2D eigenvalue weighted by atomic mass is 16.5. The van der Waals surface area contributed by atoms with E-state index in [0.29, 0.717) is 44.3 Å². The summed E-state index contributed by atoms with van der Waals surface area (Å²) in [7, 11) is 0. The second kappa shape index (κ2) is 6.24. The van der Waals surface area contributed by atoms with Crippen molar-refractivity contribution in [3.63, 3.8) is 0 Å². The van der Waals surface area contributed by atoms with Crippen LogP contribution in [-0.2, 0) is 9.53 Å². The Balaban J connectivity index is 1.52. The minimum absolute atomic E-state index is 0.0286. The Kier molecular flexibility index (Phi) is 3.93. The Hall–Kier alpha value is -2.41. The molecule has 2 aromatic rings. The third kappa shape index (κ3) is 2.75. The van der Waals surface area contributed by atoms with Gasteiger partial charge in [0.15, 0.2) is 0 Å². The molecule has 4 rings (SSSR count). The summed E-state index contributed by atoms with van der Waals surface area (Å²) in [5.74, 6) is 0.820. The van der Waals surface area contributed by atoms with E-state index in [9.17, 15) is 9.59 Å². The number of morpholine rings is 1. The van der Waals surface area contributed by atoms with Crippen LogP contribution in [0.4, 0.5) is 5.82 Å². The summed E-state index contributed by atoms with van der Waals surface area (Å²) >= 11 is 0. The van der Waals surface area contributed by atoms with E-state index in [0.717, 1.165) is 13.0 Å². The number of anilines is 1. The van der Waals surface area contributed by atoms with Gasteiger partial charge in [-0.3, -0.25) is 14.0 Å². The van der Waals surface area contributed by atoms with E-state index >= 15 is 0 Å². The normalized spacial score (nSPS) is 21.4. The van der Waals surface area contributed by atoms with Gasteiger partial charge in [-0.1, -0.05) is 6.07 Å². The van der Waals surface area contributed by atoms with E-state index in [2.05, 4.69) is 4.98 Å². The van der Waals surface area contributed by atoms with Crippen molar-refractivity contribution in [2.45, 2.75) is 6.42 Å². The molecule has 0 N–H and O–H groups in total. The SMILES string of the molecule is O=C(C1CCN(c2cc(=O)n3ccccc3n2)C1)N1CCOCC1. The molecule has 1 unspecified atom stereocenters. The quantitative estimate of drug-likeness (QED) is 0.797. The molecule has 2 aromatic heterocycles. The van der Waals surface area contributed by atoms with Crippen LogP contribution in [0.5, 0.6) is 0 Å². The Labute approximate surface area is 139 Å². The molecule has 0 aromatic carbocycles. The van der Waals surface area contributed by atoms with Crippen molar-refractivity contribution in [1.29, 1.82) is 0 Å². The van der Waals surface area contributed by atoms with Crippen LogP contribution in [0.25, 0.3) is 5.65 Å². The van der Waals surface area contributed by atoms with Crippen molar-refractivity contribution < 1.29 is 9.53 Å². The van der Waals surface area contributed by atoms with E-state index in [-0.39, 0.29) is 17.4 Å². The molecule has 2 aliphatic rings. The third-order valence-electron chi connectivity index (χ3n) is 4.74. The van der Waals surface area contributed by atoms with Crippen molar-refractivity contribution in [2.24, 2.45) is 5.92 Å². The monoisotopic (exact) mass is 328 g/mol. The highest BCUT2D eigenvalue weighted by Gasteiger charge is 2.32. The van der Waals surface area contributed by atoms with Crippen molar-refractivity contribution in [3.8, 4) is 0 Å². The molecule has 4 heterocycles. The first-order valence-electron chi connectivity index (χ1n) is 8.32. The van der Waals surface area contributed by atoms with Crippen LogP contribution in [-0.4, -0.2) is 59.6 Å². The summed E-state index contributed by atoms with van der Waals surface area (Å²) in [5, 5.41) is 0. The number of hydrogen-bond donors (Lipinski definition) is 0. The first-order chi connectivity index (χ1) is 11.7. The molecule has 0 saturated carbocycles. The van der Waals surface area contributed by atoms with Crippen LogP contribution >= 0.6 is 0 Å². The fourth-order valence-corrected chi connectivity index (χ4v) is 3.42. The lowest BCUT2D eigenvalue weighted by Crippen LogP contribution is -2.44. The number of rotatable bonds is 2. The predicted molar refractivity (Wildman–Crippen MR) is 89.2 cm³/mol. The topological polar surface area (TPSA) is 67.2 Å². The minimum atomic E-state index is -0.0986. The molecule has 7 heteroatoms. The average molecular weight is 328 g/mol. The number of nitrogens with zero attached hydrogens (tertiary/aromatic N) is 4. The van der Waals surface area contributed by atoms with Crippen molar-refractivity contribution in [1.82, 2.24) is 14.3 Å². The summed E-state index contributed by atoms with van der Waals surface area (Å²) in [6.07, 6.45) is 2.51. The molecule has 1 amide bonds. The number of carbonyl (C=O) groups excluding carboxylic acids is 1. The minimum Gasteiger partial charge on any atom is -0.378 e. The first-order valence-corrected chi connectivity index (χ1v) is 8.32. The number of hydrogen-bond acceptors (Lipinski definition) is 5. The molecular formula is C17H20N4O3. The van der Waals surface area contributed by atoms with E-state index < -0.39 is 0 Å². The van der Waals surface area contributed by atoms with Crippen LogP contribution < -0.4 is 10.5 Å². The van der Waals surface area contributed by atoms with Crippen molar-refractivity contribution >= 4 is 17.4 Å². The summed E-state index contributed by atoms with van der Waals surface area (Å²) in [4.78, 5) is 33.3. The molecule has 126 valence electrons. The molecule has 2 saturated heterocycles. The van der Waals surface area contributed by atoms with Gasteiger partial charge in [-0.05, 0) is 18.6 Å². The maximum atomic E-state index is 12.6. The number of ether oxygens (including phenoxy) is 1. The zero-order chi connectivity index (χ0) is 16.5. The molecule has 0 aliphatic carbocycles. The maximum absolute atomic E-state index is 12.6. The number of aromatic nitrogens is 2. The van der Waals surface area contributed by atoms with Gasteiger partial charge in [0, 0.05) is 38.4 Å². The van der Waals surface area contributed by atoms with Crippen molar-refractivity contribution in [3.05, 3.63) is 40.8 Å². The molecule has 2 fully saturated rings. The second-order valence-corrected chi connectivity index (χ2v) is 6.25. The zero-order valence-electron chi connectivity index (χ0n) is 13.4. The van der Waals surface area contributed by atoms with E-state index in [1.165, 1.54) is 4.40 Å². The van der Waals surface area contributed by atoms with Gasteiger partial charge in [0.25, 0.3) is 5.56 Å². The van der Waals surface area contributed by atoms with Gasteiger partial charge in [0.2, 0.25) is 5.91 Å². The lowest BCUT2D eigenvalue weighted by Gasteiger charge is -2.29. The smallest absolute Gasteiger partial charge is 0.259 e. The number of carbonyl (C=O) groups is 1. The molecule has 0 spiro atoms. The molecule has 0 bridgehead atoms. The molecular weight excluding hydrogens is 308 g/mol. The highest BCUT2D eigenvalue weighted by molar-refractivity contribution is 5.80. The Bertz CT molecular complexity index is 813. The summed E-state index contributed by atoms with van der Waals surface area (Å²) < 4.78 is 6.83. The fraction of sp³-hybridized carbons (Fsp3) is 0.471. The van der Waals surface area contributed by atoms with E-state index in [1.54, 1.807) is 12.3 Å². The maximum Gasteiger partial charge on any atom is 0.259 e. The van der Waals surface area contributed by atoms with Crippen LogP contribution in [0.3, 0.4) is 0 Å². The van der Waals surface area contributed by atoms with Crippen molar-refractivity contribution in [2.75, 3.05) is 44.3 Å². The van der Waals surface area contributed by atoms with Gasteiger partial charge in [-0.15, -0.1) is 0 Å². The van der Waals surface area contributed by atoms with Gasteiger partial charge in [-0.2, -0.15) is 0 Å². The van der Waals surface area contributed by atoms with Crippen LogP contribution in [0.15, 0.2) is 35.3 Å². The molecule has 7 nitrogen and oxygen atoms in total. The zero-order valence-corrected chi connectivity index (χ0v) is 13.4. The van der Waals surface area contributed by atoms with Crippen LogP contribution in [0, 0.1) is 5.92 Å². The van der Waals surface area contributed by atoms with Gasteiger partial charge < -0.3 is 14.5 Å². The highest BCUT2D eigenvalue weighted by Crippen LogP contribution is 2.23. The second-order valence-electron chi connectivity index (χ2n) is 6.25. The Morgan fingerprint density at radius 2 is 2.04 bits per heavy atom. The lowest BCUT2D eigenvalue weighted by molar-refractivity contribution is -0.138. The summed E-state index contributed by atoms with van der Waals surface area (Å²) in [5.41, 5.74) is 0.529. The van der Waals surface area contributed by atoms with Crippen LogP contribution in [0.2, 0.25) is 0 Å². The fourth-order valence-electron chi connectivity index (χ4n) is 3.42. The van der Waals surface area contributed by atoms with Gasteiger partial charge >= 0.3 is 0 Å². The van der Waals surface area contributed by atoms with E-state index in [4.69, 9.17) is 4.74 Å². The van der Waals surface area contributed by atoms with Crippen LogP contribution in [0.1, 0.15) is 6.42 Å². The first kappa shape index (κ1) is 15.1. The number of fused-ring (bicyclic) bond motifs is 1. The summed E-state index contributed by atoms with van der Waals surface area (Å²) in [6, 6.07) is 7.04. The lowest BCUT2D eigenvalue weighted by atomic mass is 10.1. The average Bonchev–Trinajstić information content (AvgIpc) is 3.12. The largest absolute Gasteiger partial charge is 0.378 e. The molecule has 24 heavy (non-hydrogen) atoms. The third-order valence-corrected chi connectivity index (χ3v) is 4.74. The standard InChI is InChI=1S/C17H20N4O3/c22-16-11-15(18-14-3-1-2-5-21(14)16)20-6-4-13(12-20)17(23)19-7-9-24-10-8-19/h1-3,5,11,13H,4,6-10,12H2. The van der Waals surface area contributed by atoms with Gasteiger partial charge in [-0.25, -0.2) is 4.98 Å². The van der Waals surface area contributed by atoms with Gasteiger partial charge in [0.05, 0.1) is 19.1 Å². The number of amides is 1. The Morgan fingerprint density at radius 1 is 1.21 bits per heavy atom. The predicted octanol–water partition coefficient (Wildman–Crippen LogP) is 0.380. The summed E-state index contributed by atoms with van der Waals surface area (Å²) in [6.45, 7) is 3.94. The van der Waals surface area contributed by atoms with Gasteiger partial charge in [0.1, 0.15) is 11.5 Å². The number of pyridine rings is 1. The molecule has 2 aliphatic heterocycles. The van der Waals surface area contributed by atoms with E-state index in [1.807, 2.05) is 28.0 Å².